The Labute approximate surface area is 152 Å². The van der Waals surface area contributed by atoms with E-state index in [9.17, 15) is 13.2 Å². The van der Waals surface area contributed by atoms with Crippen LogP contribution in [0.1, 0.15) is 11.1 Å². The number of thioether (sulfide) groups is 1. The zero-order valence-corrected chi connectivity index (χ0v) is 15.0. The lowest BCUT2D eigenvalue weighted by atomic mass is 10.2. The van der Waals surface area contributed by atoms with E-state index in [1.807, 2.05) is 30.5 Å². The van der Waals surface area contributed by atoms with Gasteiger partial charge in [-0.3, -0.25) is 0 Å². The van der Waals surface area contributed by atoms with Crippen LogP contribution in [0.15, 0.2) is 47.4 Å². The van der Waals surface area contributed by atoms with Gasteiger partial charge < -0.3 is 10.6 Å². The second-order valence-electron chi connectivity index (χ2n) is 4.85. The summed E-state index contributed by atoms with van der Waals surface area (Å²) in [6.45, 7) is 0.472. The highest BCUT2D eigenvalue weighted by molar-refractivity contribution is 7.98. The fourth-order valence-electron chi connectivity index (χ4n) is 1.92. The third kappa shape index (κ3) is 5.29. The van der Waals surface area contributed by atoms with Crippen LogP contribution in [0.4, 0.5) is 18.9 Å². The van der Waals surface area contributed by atoms with Crippen molar-refractivity contribution in [1.82, 2.24) is 5.32 Å². The Hall–Kier alpha value is -1.44. The average molecular weight is 391 g/mol. The fourth-order valence-corrected chi connectivity index (χ4v) is 2.74. The van der Waals surface area contributed by atoms with Crippen molar-refractivity contribution in [2.75, 3.05) is 11.6 Å². The van der Waals surface area contributed by atoms with Crippen LogP contribution in [-0.4, -0.2) is 11.4 Å². The highest BCUT2D eigenvalue weighted by Gasteiger charge is 2.33. The van der Waals surface area contributed by atoms with Gasteiger partial charge in [0.25, 0.3) is 0 Å². The van der Waals surface area contributed by atoms with Crippen LogP contribution in [0.5, 0.6) is 0 Å². The molecule has 2 rings (SSSR count). The third-order valence-electron chi connectivity index (χ3n) is 3.14. The summed E-state index contributed by atoms with van der Waals surface area (Å²) >= 11 is 12.3. The summed E-state index contributed by atoms with van der Waals surface area (Å²) in [7, 11) is 0. The van der Waals surface area contributed by atoms with Gasteiger partial charge in [0.15, 0.2) is 5.11 Å². The van der Waals surface area contributed by atoms with Crippen molar-refractivity contribution in [2.45, 2.75) is 17.6 Å². The molecule has 0 amide bonds. The number of anilines is 1. The van der Waals surface area contributed by atoms with Gasteiger partial charge in [0.1, 0.15) is 0 Å². The summed E-state index contributed by atoms with van der Waals surface area (Å²) < 4.78 is 38.5. The van der Waals surface area contributed by atoms with Gasteiger partial charge in [-0.1, -0.05) is 23.7 Å². The number of halogens is 4. The summed E-state index contributed by atoms with van der Waals surface area (Å²) in [4.78, 5) is 1.15. The first kappa shape index (κ1) is 18.9. The molecule has 0 atom stereocenters. The number of thiocarbonyl (C=S) groups is 1. The Bertz CT molecular complexity index is 718. The lowest BCUT2D eigenvalue weighted by Gasteiger charge is -2.14. The maximum Gasteiger partial charge on any atom is 0.417 e. The number of benzene rings is 2. The van der Waals surface area contributed by atoms with Crippen molar-refractivity contribution < 1.29 is 13.2 Å². The number of hydrogen-bond acceptors (Lipinski definition) is 2. The van der Waals surface area contributed by atoms with Gasteiger partial charge in [-0.25, -0.2) is 0 Å². The molecule has 0 saturated carbocycles. The van der Waals surface area contributed by atoms with Crippen LogP contribution in [0.25, 0.3) is 0 Å². The standard InChI is InChI=1S/C16H14ClF3N2S2/c1-24-12-5-2-10(3-6-12)9-21-15(23)22-11-4-7-14(17)13(8-11)16(18,19)20/h2-8H,9H2,1H3,(H2,21,22,23). The molecule has 0 bridgehead atoms. The lowest BCUT2D eigenvalue weighted by Crippen LogP contribution is -2.28. The molecule has 24 heavy (non-hydrogen) atoms. The Morgan fingerprint density at radius 1 is 1.17 bits per heavy atom. The van der Waals surface area contributed by atoms with Gasteiger partial charge in [0, 0.05) is 17.1 Å². The van der Waals surface area contributed by atoms with E-state index < -0.39 is 11.7 Å². The second-order valence-corrected chi connectivity index (χ2v) is 6.54. The molecule has 2 nitrogen and oxygen atoms in total. The first-order valence-electron chi connectivity index (χ1n) is 6.84. The number of alkyl halides is 3. The van der Waals surface area contributed by atoms with Crippen LogP contribution in [0.3, 0.4) is 0 Å². The maximum atomic E-state index is 12.8. The largest absolute Gasteiger partial charge is 0.417 e. The number of hydrogen-bond donors (Lipinski definition) is 2. The van der Waals surface area contributed by atoms with Gasteiger partial charge >= 0.3 is 6.18 Å². The summed E-state index contributed by atoms with van der Waals surface area (Å²) in [5.74, 6) is 0. The zero-order chi connectivity index (χ0) is 17.7. The average Bonchev–Trinajstić information content (AvgIpc) is 2.54. The molecule has 0 aliphatic heterocycles. The molecule has 0 radical (unpaired) electrons. The summed E-state index contributed by atoms with van der Waals surface area (Å²) in [6, 6.07) is 11.5. The summed E-state index contributed by atoms with van der Waals surface area (Å²) in [6.07, 6.45) is -2.52. The zero-order valence-electron chi connectivity index (χ0n) is 12.6. The summed E-state index contributed by atoms with van der Waals surface area (Å²) in [5.41, 5.74) is 0.343. The van der Waals surface area contributed by atoms with E-state index in [2.05, 4.69) is 10.6 Å². The SMILES string of the molecule is CSc1ccc(CNC(=S)Nc2ccc(Cl)c(C(F)(F)F)c2)cc1. The van der Waals surface area contributed by atoms with Gasteiger partial charge in [0.2, 0.25) is 0 Å². The van der Waals surface area contributed by atoms with Gasteiger partial charge in [0.05, 0.1) is 10.6 Å². The highest BCUT2D eigenvalue weighted by Crippen LogP contribution is 2.36. The third-order valence-corrected chi connectivity index (χ3v) is 4.46. The molecule has 0 heterocycles. The molecule has 0 unspecified atom stereocenters. The molecule has 2 N–H and O–H groups in total. The minimum atomic E-state index is -4.51. The van der Waals surface area contributed by atoms with E-state index in [1.54, 1.807) is 11.8 Å². The van der Waals surface area contributed by atoms with Crippen molar-refractivity contribution in [1.29, 1.82) is 0 Å². The molecule has 2 aromatic carbocycles. The van der Waals surface area contributed by atoms with E-state index in [-0.39, 0.29) is 15.8 Å². The van der Waals surface area contributed by atoms with E-state index in [4.69, 9.17) is 23.8 Å². The van der Waals surface area contributed by atoms with Crippen LogP contribution >= 0.6 is 35.6 Å². The predicted molar refractivity (Wildman–Crippen MR) is 97.7 cm³/mol. The van der Waals surface area contributed by atoms with Crippen LogP contribution in [0, 0.1) is 0 Å². The molecule has 8 heteroatoms. The Morgan fingerprint density at radius 2 is 1.83 bits per heavy atom. The van der Waals surface area contributed by atoms with E-state index in [0.29, 0.717) is 6.54 Å². The second kappa shape index (κ2) is 8.09. The van der Waals surface area contributed by atoms with Crippen molar-refractivity contribution in [2.24, 2.45) is 0 Å². The number of rotatable bonds is 4. The summed E-state index contributed by atoms with van der Waals surface area (Å²) in [5, 5.41) is 5.58. The monoisotopic (exact) mass is 390 g/mol. The molecule has 0 aliphatic rings. The van der Waals surface area contributed by atoms with Gasteiger partial charge in [-0.2, -0.15) is 13.2 Å². The Morgan fingerprint density at radius 3 is 2.42 bits per heavy atom. The topological polar surface area (TPSA) is 24.1 Å². The molecule has 0 aromatic heterocycles. The molecular weight excluding hydrogens is 377 g/mol. The van der Waals surface area contributed by atoms with E-state index >= 15 is 0 Å². The van der Waals surface area contributed by atoms with Crippen molar-refractivity contribution in [3.05, 3.63) is 58.6 Å². The smallest absolute Gasteiger partial charge is 0.358 e. The molecular formula is C16H14ClF3N2S2. The molecule has 0 fully saturated rings. The first-order valence-corrected chi connectivity index (χ1v) is 8.85. The van der Waals surface area contributed by atoms with Gasteiger partial charge in [-0.15, -0.1) is 11.8 Å². The number of nitrogens with one attached hydrogen (secondary N) is 2. The molecule has 2 aromatic rings. The predicted octanol–water partition coefficient (Wildman–Crippen LogP) is 5.57. The van der Waals surface area contributed by atoms with E-state index in [0.717, 1.165) is 16.5 Å². The fraction of sp³-hybridized carbons (Fsp3) is 0.188. The van der Waals surface area contributed by atoms with Crippen LogP contribution < -0.4 is 10.6 Å². The minimum absolute atomic E-state index is 0.224. The maximum absolute atomic E-state index is 12.8. The lowest BCUT2D eigenvalue weighted by molar-refractivity contribution is -0.137. The molecule has 128 valence electrons. The van der Waals surface area contributed by atoms with Gasteiger partial charge in [-0.05, 0) is 54.4 Å². The molecule has 0 spiro atoms. The first-order chi connectivity index (χ1) is 11.3. The quantitative estimate of drug-likeness (QED) is 0.526. The van der Waals surface area contributed by atoms with E-state index in [1.165, 1.54) is 12.1 Å². The normalized spacial score (nSPS) is 11.2. The van der Waals surface area contributed by atoms with Crippen molar-refractivity contribution in [3.63, 3.8) is 0 Å². The van der Waals surface area contributed by atoms with Crippen LogP contribution in [-0.2, 0) is 12.7 Å². The molecule has 0 aliphatic carbocycles. The minimum Gasteiger partial charge on any atom is -0.358 e. The van der Waals surface area contributed by atoms with Crippen molar-refractivity contribution >= 4 is 46.4 Å². The Balaban J connectivity index is 1.97. The molecule has 0 saturated heterocycles. The Kier molecular flexibility index (Phi) is 6.37. The van der Waals surface area contributed by atoms with Crippen molar-refractivity contribution in [3.8, 4) is 0 Å². The highest BCUT2D eigenvalue weighted by atomic mass is 35.5. The van der Waals surface area contributed by atoms with Crippen LogP contribution in [0.2, 0.25) is 5.02 Å².